The van der Waals surface area contributed by atoms with E-state index in [-0.39, 0.29) is 0 Å². The van der Waals surface area contributed by atoms with Gasteiger partial charge in [-0.15, -0.1) is 0 Å². The predicted molar refractivity (Wildman–Crippen MR) is 186 cm³/mol. The third kappa shape index (κ3) is 5.20. The maximum Gasteiger partial charge on any atom is 0.0547 e. The van der Waals surface area contributed by atoms with Crippen LogP contribution in [0.3, 0.4) is 0 Å². The average Bonchev–Trinajstić information content (AvgIpc) is 3.33. The van der Waals surface area contributed by atoms with E-state index < -0.39 is 0 Å². The zero-order valence-corrected chi connectivity index (χ0v) is 24.8. The number of nitrogens with zero attached hydrogens (tertiary/aromatic N) is 1. The molecule has 1 heterocycles. The molecule has 0 bridgehead atoms. The van der Waals surface area contributed by atoms with Crippen LogP contribution in [-0.2, 0) is 6.42 Å². The van der Waals surface area contributed by atoms with Crippen molar-refractivity contribution in [2.24, 2.45) is 0 Å². The van der Waals surface area contributed by atoms with Gasteiger partial charge < -0.3 is 9.88 Å². The average molecular weight is 547 g/mol. The number of para-hydroxylation sites is 1. The molecule has 2 heteroatoms. The van der Waals surface area contributed by atoms with Gasteiger partial charge in [0.15, 0.2) is 0 Å². The Morgan fingerprint density at radius 2 is 1.74 bits per heavy atom. The highest BCUT2D eigenvalue weighted by Gasteiger charge is 2.25. The first-order chi connectivity index (χ1) is 20.6. The van der Waals surface area contributed by atoms with Gasteiger partial charge in [0.1, 0.15) is 0 Å². The molecule has 1 aliphatic carbocycles. The summed E-state index contributed by atoms with van der Waals surface area (Å²) in [5.74, 6) is 0. The number of nitrogens with one attached hydrogen (secondary N) is 1. The van der Waals surface area contributed by atoms with Gasteiger partial charge in [0.25, 0.3) is 0 Å². The molecule has 2 nitrogen and oxygen atoms in total. The zero-order chi connectivity index (χ0) is 29.6. The van der Waals surface area contributed by atoms with E-state index in [4.69, 9.17) is 0 Å². The Morgan fingerprint density at radius 3 is 2.48 bits per heavy atom. The minimum atomic E-state index is 0.747. The number of fused-ring (bicyclic) bond motifs is 5. The van der Waals surface area contributed by atoms with Crippen molar-refractivity contribution in [1.82, 2.24) is 4.57 Å². The van der Waals surface area contributed by atoms with Crippen LogP contribution >= 0.6 is 0 Å². The first-order valence-electron chi connectivity index (χ1n) is 14.4. The van der Waals surface area contributed by atoms with E-state index in [0.717, 1.165) is 45.8 Å². The molecule has 0 atom stereocenters. The largest absolute Gasteiger partial charge is 0.388 e. The van der Waals surface area contributed by atoms with Crippen LogP contribution in [0.25, 0.3) is 44.9 Å². The Bertz CT molecular complexity index is 1850. The minimum Gasteiger partial charge on any atom is -0.388 e. The second kappa shape index (κ2) is 12.6. The molecule has 208 valence electrons. The Kier molecular flexibility index (Phi) is 8.55. The molecule has 3 aromatic carbocycles. The number of allylic oxidation sites excluding steroid dienone is 12. The standard InChI is InChI=1S/C40H38N2/c1-7-11-17-29(10-4)31-18-14-19-32(27-31)42-37-21-13-12-20-34(37)40-33-23-24-36(41-6)39(30(15-8-2)16-9-3)35(33)26-28(5)22-25-38(40)42/h7-25,27,41H,1-2,5,26H2,3-4,6H3/b16-9-,17-11-,25-22-,29-10+,30-15+. The van der Waals surface area contributed by atoms with E-state index in [1.54, 1.807) is 0 Å². The summed E-state index contributed by atoms with van der Waals surface area (Å²) < 4.78 is 2.38. The lowest BCUT2D eigenvalue weighted by Gasteiger charge is -2.22. The summed E-state index contributed by atoms with van der Waals surface area (Å²) in [6.07, 6.45) is 21.4. The molecule has 4 aromatic rings. The highest BCUT2D eigenvalue weighted by atomic mass is 15.0. The van der Waals surface area contributed by atoms with Gasteiger partial charge in [0, 0.05) is 34.9 Å². The molecule has 5 rings (SSSR count). The number of hydrogen-bond donors (Lipinski definition) is 1. The van der Waals surface area contributed by atoms with Crippen LogP contribution in [0.5, 0.6) is 0 Å². The topological polar surface area (TPSA) is 17.0 Å². The molecule has 0 aliphatic heterocycles. The quantitative estimate of drug-likeness (QED) is 0.218. The molecule has 1 N–H and O–H groups in total. The smallest absolute Gasteiger partial charge is 0.0547 e. The molecule has 0 radical (unpaired) electrons. The molecule has 0 saturated carbocycles. The Morgan fingerprint density at radius 1 is 0.905 bits per heavy atom. The van der Waals surface area contributed by atoms with E-state index in [0.29, 0.717) is 0 Å². The summed E-state index contributed by atoms with van der Waals surface area (Å²) in [5.41, 5.74) is 13.9. The first kappa shape index (κ1) is 28.4. The van der Waals surface area contributed by atoms with Crippen LogP contribution in [0.4, 0.5) is 5.69 Å². The first-order valence-corrected chi connectivity index (χ1v) is 14.4. The van der Waals surface area contributed by atoms with Crippen molar-refractivity contribution in [2.75, 3.05) is 12.4 Å². The van der Waals surface area contributed by atoms with Crippen LogP contribution < -0.4 is 5.32 Å². The molecule has 0 fully saturated rings. The molecule has 0 amide bonds. The van der Waals surface area contributed by atoms with Crippen LogP contribution in [0.1, 0.15) is 36.2 Å². The third-order valence-electron chi connectivity index (χ3n) is 7.74. The number of aromatic nitrogens is 1. The monoisotopic (exact) mass is 546 g/mol. The minimum absolute atomic E-state index is 0.747. The van der Waals surface area contributed by atoms with E-state index in [1.807, 2.05) is 25.3 Å². The van der Waals surface area contributed by atoms with Crippen LogP contribution in [-0.4, -0.2) is 11.6 Å². The lowest BCUT2D eigenvalue weighted by molar-refractivity contribution is 1.10. The molecular formula is C40H38N2. The predicted octanol–water partition coefficient (Wildman–Crippen LogP) is 10.8. The third-order valence-corrected chi connectivity index (χ3v) is 7.74. The molecule has 0 unspecified atom stereocenters. The molecule has 1 aliphatic rings. The van der Waals surface area contributed by atoms with Gasteiger partial charge in [-0.25, -0.2) is 0 Å². The highest BCUT2D eigenvalue weighted by molar-refractivity contribution is 6.04. The summed E-state index contributed by atoms with van der Waals surface area (Å²) in [6, 6.07) is 21.9. The van der Waals surface area contributed by atoms with E-state index >= 15 is 0 Å². The number of rotatable bonds is 8. The summed E-state index contributed by atoms with van der Waals surface area (Å²) in [7, 11) is 1.98. The zero-order valence-electron chi connectivity index (χ0n) is 24.8. The Hall–Kier alpha value is -5.08. The van der Waals surface area contributed by atoms with Crippen molar-refractivity contribution in [3.05, 3.63) is 163 Å². The SMILES string of the molecule is C=C/C=C\C(=C/C)c1cccc(-n2c3c(c4ccccc42)-c2ccc(NC)c(C(/C=C\C)=C/C=C)c2CC(=C)/C=C\3)c1. The van der Waals surface area contributed by atoms with Crippen LogP contribution in [0.2, 0.25) is 0 Å². The van der Waals surface area contributed by atoms with E-state index in [2.05, 4.69) is 147 Å². The Labute approximate surface area is 250 Å². The maximum absolute atomic E-state index is 4.47. The Balaban J connectivity index is 1.88. The summed E-state index contributed by atoms with van der Waals surface area (Å²) >= 11 is 0. The molecule has 42 heavy (non-hydrogen) atoms. The highest BCUT2D eigenvalue weighted by Crippen LogP contribution is 2.45. The summed E-state index contributed by atoms with van der Waals surface area (Å²) in [4.78, 5) is 0. The normalized spacial score (nSPS) is 14.5. The van der Waals surface area contributed by atoms with Crippen molar-refractivity contribution in [1.29, 1.82) is 0 Å². The van der Waals surface area contributed by atoms with Crippen molar-refractivity contribution >= 4 is 33.8 Å². The molecular weight excluding hydrogens is 508 g/mol. The lowest BCUT2D eigenvalue weighted by atomic mass is 9.84. The molecule has 1 aromatic heterocycles. The van der Waals surface area contributed by atoms with Gasteiger partial charge in [-0.3, -0.25) is 0 Å². The molecule has 0 spiro atoms. The fraction of sp³-hybridized carbons (Fsp3) is 0.100. The number of benzene rings is 3. The number of hydrogen-bond acceptors (Lipinski definition) is 1. The fourth-order valence-electron chi connectivity index (χ4n) is 5.95. The van der Waals surface area contributed by atoms with Gasteiger partial charge in [-0.05, 0) is 78.4 Å². The van der Waals surface area contributed by atoms with Gasteiger partial charge in [-0.1, -0.05) is 116 Å². The van der Waals surface area contributed by atoms with Crippen LogP contribution in [0.15, 0.2) is 141 Å². The van der Waals surface area contributed by atoms with Gasteiger partial charge in [-0.2, -0.15) is 0 Å². The van der Waals surface area contributed by atoms with Crippen molar-refractivity contribution < 1.29 is 0 Å². The lowest BCUT2D eigenvalue weighted by Crippen LogP contribution is -2.05. The fourth-order valence-corrected chi connectivity index (χ4v) is 5.95. The van der Waals surface area contributed by atoms with E-state index in [9.17, 15) is 0 Å². The maximum atomic E-state index is 4.47. The van der Waals surface area contributed by atoms with Gasteiger partial charge in [0.05, 0.1) is 11.2 Å². The van der Waals surface area contributed by atoms with Crippen molar-refractivity contribution in [2.45, 2.75) is 20.3 Å². The van der Waals surface area contributed by atoms with Crippen molar-refractivity contribution in [3.63, 3.8) is 0 Å². The second-order valence-corrected chi connectivity index (χ2v) is 10.3. The second-order valence-electron chi connectivity index (χ2n) is 10.3. The summed E-state index contributed by atoms with van der Waals surface area (Å²) in [5, 5.41) is 4.66. The van der Waals surface area contributed by atoms with E-state index in [1.165, 1.54) is 33.2 Å². The number of anilines is 1. The van der Waals surface area contributed by atoms with Crippen molar-refractivity contribution in [3.8, 4) is 16.8 Å². The molecule has 0 saturated heterocycles. The van der Waals surface area contributed by atoms with Gasteiger partial charge in [0.2, 0.25) is 0 Å². The summed E-state index contributed by atoms with van der Waals surface area (Å²) in [6.45, 7) is 16.4. The van der Waals surface area contributed by atoms with Crippen LogP contribution in [0, 0.1) is 0 Å². The van der Waals surface area contributed by atoms with Gasteiger partial charge >= 0.3 is 0 Å².